The highest BCUT2D eigenvalue weighted by molar-refractivity contribution is 6.00. The van der Waals surface area contributed by atoms with Crippen LogP contribution in [0, 0.1) is 0 Å². The molecule has 0 radical (unpaired) electrons. The molecule has 1 aliphatic rings. The Morgan fingerprint density at radius 1 is 0.833 bits per heavy atom. The lowest BCUT2D eigenvalue weighted by molar-refractivity contribution is -0.134. The molecule has 0 atom stereocenters. The van der Waals surface area contributed by atoms with E-state index in [0.717, 1.165) is 17.7 Å². The zero-order chi connectivity index (χ0) is 21.5. The molecule has 1 heterocycles. The number of ether oxygens (including phenoxy) is 3. The Kier molecular flexibility index (Phi) is 7.17. The molecule has 2 amide bonds. The minimum atomic E-state index is -0.162. The summed E-state index contributed by atoms with van der Waals surface area (Å²) >= 11 is 0. The number of methoxy groups -OCH3 is 2. The molecule has 0 aliphatic carbocycles. The second kappa shape index (κ2) is 10.0. The molecule has 7 nitrogen and oxygen atoms in total. The lowest BCUT2D eigenvalue weighted by Gasteiger charge is -2.35. The van der Waals surface area contributed by atoms with Gasteiger partial charge in [-0.25, -0.2) is 0 Å². The van der Waals surface area contributed by atoms with Crippen LogP contribution in [0.4, 0.5) is 0 Å². The molecule has 0 N–H and O–H groups in total. The van der Waals surface area contributed by atoms with Gasteiger partial charge in [-0.1, -0.05) is 31.2 Å². The van der Waals surface area contributed by atoms with Gasteiger partial charge in [-0.15, -0.1) is 0 Å². The average molecular weight is 412 g/mol. The molecule has 0 aromatic heterocycles. The summed E-state index contributed by atoms with van der Waals surface area (Å²) in [6.45, 7) is 3.85. The van der Waals surface area contributed by atoms with E-state index in [0.29, 0.717) is 43.2 Å². The summed E-state index contributed by atoms with van der Waals surface area (Å²) in [5, 5.41) is 0. The van der Waals surface area contributed by atoms with Crippen LogP contribution in [0.2, 0.25) is 0 Å². The van der Waals surface area contributed by atoms with E-state index >= 15 is 0 Å². The summed E-state index contributed by atoms with van der Waals surface area (Å²) in [5.41, 5.74) is 1.48. The lowest BCUT2D eigenvalue weighted by atomic mass is 10.1. The van der Waals surface area contributed by atoms with Crippen molar-refractivity contribution >= 4 is 11.8 Å². The first-order chi connectivity index (χ1) is 14.6. The maximum Gasteiger partial charge on any atom is 0.261 e. The van der Waals surface area contributed by atoms with Crippen molar-refractivity contribution in [1.82, 2.24) is 9.80 Å². The molecular weight excluding hydrogens is 384 g/mol. The van der Waals surface area contributed by atoms with Crippen molar-refractivity contribution in [3.05, 3.63) is 53.6 Å². The van der Waals surface area contributed by atoms with Gasteiger partial charge in [0, 0.05) is 26.2 Å². The van der Waals surface area contributed by atoms with E-state index in [9.17, 15) is 9.59 Å². The molecule has 1 saturated heterocycles. The second-order valence-corrected chi connectivity index (χ2v) is 6.96. The third kappa shape index (κ3) is 4.67. The van der Waals surface area contributed by atoms with Crippen LogP contribution in [0.3, 0.4) is 0 Å². The number of carbonyl (C=O) groups is 2. The summed E-state index contributed by atoms with van der Waals surface area (Å²) in [5.74, 6) is 1.44. The van der Waals surface area contributed by atoms with Gasteiger partial charge in [0.1, 0.15) is 22.8 Å². The summed E-state index contributed by atoms with van der Waals surface area (Å²) in [6, 6.07) is 13.0. The van der Waals surface area contributed by atoms with Gasteiger partial charge in [0.05, 0.1) is 14.2 Å². The third-order valence-corrected chi connectivity index (χ3v) is 5.27. The minimum absolute atomic E-state index is 0.00864. The Morgan fingerprint density at radius 3 is 2.00 bits per heavy atom. The van der Waals surface area contributed by atoms with Crippen LogP contribution in [-0.4, -0.2) is 68.6 Å². The molecule has 0 unspecified atom stereocenters. The fourth-order valence-corrected chi connectivity index (χ4v) is 3.55. The molecule has 0 saturated carbocycles. The Hall–Kier alpha value is -3.22. The summed E-state index contributed by atoms with van der Waals surface area (Å²) in [7, 11) is 3.05. The highest BCUT2D eigenvalue weighted by atomic mass is 16.5. The van der Waals surface area contributed by atoms with E-state index in [1.807, 2.05) is 24.3 Å². The number of piperazine rings is 1. The normalized spacial score (nSPS) is 13.7. The number of rotatable bonds is 7. The number of hydrogen-bond acceptors (Lipinski definition) is 5. The van der Waals surface area contributed by atoms with Crippen molar-refractivity contribution in [1.29, 1.82) is 0 Å². The fraction of sp³-hybridized carbons (Fsp3) is 0.391. The Balaban J connectivity index is 1.58. The van der Waals surface area contributed by atoms with Gasteiger partial charge in [-0.05, 0) is 30.2 Å². The number of aryl methyl sites for hydroxylation is 1. The SMILES string of the molecule is CCc1ccccc1OCC(=O)N1CCN(C(=O)c2c(OC)cccc2OC)CC1. The van der Waals surface area contributed by atoms with Crippen molar-refractivity contribution in [3.8, 4) is 17.2 Å². The molecule has 2 aromatic carbocycles. The van der Waals surface area contributed by atoms with Crippen molar-refractivity contribution in [2.45, 2.75) is 13.3 Å². The summed E-state index contributed by atoms with van der Waals surface area (Å²) in [6.07, 6.45) is 0.845. The molecule has 2 aromatic rings. The number of hydrogen-bond donors (Lipinski definition) is 0. The zero-order valence-electron chi connectivity index (χ0n) is 17.7. The molecule has 7 heteroatoms. The first kappa shape index (κ1) is 21.5. The van der Waals surface area contributed by atoms with Crippen LogP contribution in [-0.2, 0) is 11.2 Å². The Bertz CT molecular complexity index is 869. The monoisotopic (exact) mass is 412 g/mol. The lowest BCUT2D eigenvalue weighted by Crippen LogP contribution is -2.51. The highest BCUT2D eigenvalue weighted by Crippen LogP contribution is 2.30. The highest BCUT2D eigenvalue weighted by Gasteiger charge is 2.28. The molecule has 1 fully saturated rings. The average Bonchev–Trinajstić information content (AvgIpc) is 2.81. The van der Waals surface area contributed by atoms with Crippen LogP contribution in [0.25, 0.3) is 0 Å². The molecule has 3 rings (SSSR count). The van der Waals surface area contributed by atoms with E-state index in [-0.39, 0.29) is 18.4 Å². The van der Waals surface area contributed by atoms with Crippen LogP contribution in [0.5, 0.6) is 17.2 Å². The first-order valence-corrected chi connectivity index (χ1v) is 10.1. The van der Waals surface area contributed by atoms with E-state index < -0.39 is 0 Å². The largest absolute Gasteiger partial charge is 0.496 e. The quantitative estimate of drug-likeness (QED) is 0.699. The molecular formula is C23H28N2O5. The number of nitrogens with zero attached hydrogens (tertiary/aromatic N) is 2. The summed E-state index contributed by atoms with van der Waals surface area (Å²) < 4.78 is 16.4. The Labute approximate surface area is 177 Å². The van der Waals surface area contributed by atoms with Gasteiger partial charge < -0.3 is 24.0 Å². The van der Waals surface area contributed by atoms with E-state index in [1.165, 1.54) is 14.2 Å². The molecule has 30 heavy (non-hydrogen) atoms. The van der Waals surface area contributed by atoms with Crippen molar-refractivity contribution in [3.63, 3.8) is 0 Å². The van der Waals surface area contributed by atoms with Crippen LogP contribution in [0.1, 0.15) is 22.8 Å². The number of benzene rings is 2. The van der Waals surface area contributed by atoms with Crippen molar-refractivity contribution in [2.75, 3.05) is 47.0 Å². The first-order valence-electron chi connectivity index (χ1n) is 10.1. The minimum Gasteiger partial charge on any atom is -0.496 e. The molecule has 0 spiro atoms. The van der Waals surface area contributed by atoms with E-state index in [2.05, 4.69) is 6.92 Å². The molecule has 1 aliphatic heterocycles. The fourth-order valence-electron chi connectivity index (χ4n) is 3.55. The molecule has 160 valence electrons. The van der Waals surface area contributed by atoms with Gasteiger partial charge >= 0.3 is 0 Å². The topological polar surface area (TPSA) is 68.3 Å². The van der Waals surface area contributed by atoms with Gasteiger partial charge in [-0.2, -0.15) is 0 Å². The predicted molar refractivity (Wildman–Crippen MR) is 113 cm³/mol. The predicted octanol–water partition coefficient (Wildman–Crippen LogP) is 2.63. The molecule has 0 bridgehead atoms. The summed E-state index contributed by atoms with van der Waals surface area (Å²) in [4.78, 5) is 29.1. The van der Waals surface area contributed by atoms with Crippen molar-refractivity contribution < 1.29 is 23.8 Å². The number of amides is 2. The smallest absolute Gasteiger partial charge is 0.261 e. The third-order valence-electron chi connectivity index (χ3n) is 5.27. The maximum atomic E-state index is 13.1. The van der Waals surface area contributed by atoms with Crippen LogP contribution in [0.15, 0.2) is 42.5 Å². The van der Waals surface area contributed by atoms with Crippen LogP contribution < -0.4 is 14.2 Å². The van der Waals surface area contributed by atoms with Gasteiger partial charge in [0.2, 0.25) is 0 Å². The van der Waals surface area contributed by atoms with Gasteiger partial charge in [-0.3, -0.25) is 9.59 Å². The maximum absolute atomic E-state index is 13.1. The van der Waals surface area contributed by atoms with E-state index in [1.54, 1.807) is 28.0 Å². The van der Waals surface area contributed by atoms with Crippen LogP contribution >= 0.6 is 0 Å². The van der Waals surface area contributed by atoms with Gasteiger partial charge in [0.15, 0.2) is 6.61 Å². The van der Waals surface area contributed by atoms with Crippen molar-refractivity contribution in [2.24, 2.45) is 0 Å². The standard InChI is InChI=1S/C23H28N2O5/c1-4-17-8-5-6-9-18(17)30-16-21(26)24-12-14-25(15-13-24)23(27)22-19(28-2)10-7-11-20(22)29-3/h5-11H,4,12-16H2,1-3H3. The zero-order valence-corrected chi connectivity index (χ0v) is 17.7. The number of para-hydroxylation sites is 1. The van der Waals surface area contributed by atoms with E-state index in [4.69, 9.17) is 14.2 Å². The second-order valence-electron chi connectivity index (χ2n) is 6.96. The van der Waals surface area contributed by atoms with Gasteiger partial charge in [0.25, 0.3) is 11.8 Å². The number of carbonyl (C=O) groups excluding carboxylic acids is 2. The Morgan fingerprint density at radius 2 is 1.40 bits per heavy atom.